The Morgan fingerprint density at radius 3 is 2.28 bits per heavy atom. The zero-order valence-corrected chi connectivity index (χ0v) is 12.6. The first-order valence-corrected chi connectivity index (χ1v) is 6.98. The molecule has 0 amide bonds. The van der Waals surface area contributed by atoms with Gasteiger partial charge in [0.05, 0.1) is 11.7 Å². The maximum absolute atomic E-state index is 6.19. The Kier molecular flexibility index (Phi) is 3.31. The van der Waals surface area contributed by atoms with Crippen molar-refractivity contribution in [3.05, 3.63) is 34.9 Å². The van der Waals surface area contributed by atoms with Crippen molar-refractivity contribution in [3.63, 3.8) is 0 Å². The Labute approximate surface area is 112 Å². The molecule has 1 nitrogen and oxygen atoms in total. The summed E-state index contributed by atoms with van der Waals surface area (Å²) >= 11 is 0. The Morgan fingerprint density at radius 2 is 1.72 bits per heavy atom. The van der Waals surface area contributed by atoms with E-state index in [9.17, 15) is 0 Å². The van der Waals surface area contributed by atoms with Gasteiger partial charge in [-0.2, -0.15) is 0 Å². The van der Waals surface area contributed by atoms with Gasteiger partial charge in [-0.3, -0.25) is 0 Å². The maximum Gasteiger partial charge on any atom is 0.0838 e. The molecule has 0 bridgehead atoms. The third-order valence-electron chi connectivity index (χ3n) is 3.53. The Bertz CT molecular complexity index is 432. The van der Waals surface area contributed by atoms with E-state index in [0.717, 1.165) is 12.8 Å². The molecule has 18 heavy (non-hydrogen) atoms. The predicted molar refractivity (Wildman–Crippen MR) is 77.0 cm³/mol. The lowest BCUT2D eigenvalue weighted by Crippen LogP contribution is -2.22. The number of benzene rings is 1. The molecule has 2 rings (SSSR count). The molecular formula is C17H26O. The fourth-order valence-corrected chi connectivity index (χ4v) is 2.58. The Morgan fingerprint density at radius 1 is 1.06 bits per heavy atom. The minimum Gasteiger partial charge on any atom is -0.368 e. The van der Waals surface area contributed by atoms with Crippen LogP contribution in [0.3, 0.4) is 0 Å². The zero-order chi connectivity index (χ0) is 13.6. The summed E-state index contributed by atoms with van der Waals surface area (Å²) in [6.07, 6.45) is 2.56. The van der Waals surface area contributed by atoms with Crippen LogP contribution in [0.5, 0.6) is 0 Å². The van der Waals surface area contributed by atoms with E-state index in [1.165, 1.54) is 16.7 Å². The normalized spacial score (nSPS) is 20.0. The van der Waals surface area contributed by atoms with Crippen LogP contribution in [0.4, 0.5) is 0 Å². The molecular weight excluding hydrogens is 220 g/mol. The molecule has 0 aliphatic heterocycles. The first-order chi connectivity index (χ1) is 8.17. The highest BCUT2D eigenvalue weighted by molar-refractivity contribution is 5.39. The molecule has 1 atom stereocenters. The highest BCUT2D eigenvalue weighted by atomic mass is 16.5. The quantitative estimate of drug-likeness (QED) is 0.692. The number of ether oxygens (including phenoxy) is 1. The van der Waals surface area contributed by atoms with E-state index < -0.39 is 0 Å². The predicted octanol–water partition coefficient (Wildman–Crippen LogP) is 4.79. The van der Waals surface area contributed by atoms with Crippen LogP contribution in [0, 0.1) is 0 Å². The lowest BCUT2D eigenvalue weighted by atomic mass is 9.85. The number of aryl methyl sites for hydroxylation is 1. The van der Waals surface area contributed by atoms with Crippen molar-refractivity contribution in [3.8, 4) is 0 Å². The number of hydrogen-bond acceptors (Lipinski definition) is 1. The summed E-state index contributed by atoms with van der Waals surface area (Å²) in [4.78, 5) is 0. The second kappa shape index (κ2) is 4.38. The first-order valence-electron chi connectivity index (χ1n) is 6.98. The highest BCUT2D eigenvalue weighted by Crippen LogP contribution is 2.38. The largest absolute Gasteiger partial charge is 0.368 e. The SMILES string of the molecule is CC(C)(C)O[C@@H]1CCc2ccc(C(C)(C)C)cc21. The van der Waals surface area contributed by atoms with E-state index in [4.69, 9.17) is 4.74 Å². The van der Waals surface area contributed by atoms with Gasteiger partial charge in [0.1, 0.15) is 0 Å². The van der Waals surface area contributed by atoms with Crippen LogP contribution >= 0.6 is 0 Å². The Hall–Kier alpha value is -0.820. The molecule has 0 radical (unpaired) electrons. The molecule has 1 aliphatic rings. The molecule has 0 unspecified atom stereocenters. The van der Waals surface area contributed by atoms with E-state index in [1.807, 2.05) is 0 Å². The van der Waals surface area contributed by atoms with Crippen LogP contribution in [-0.2, 0) is 16.6 Å². The number of hydrogen-bond donors (Lipinski definition) is 0. The molecule has 0 aromatic heterocycles. The van der Waals surface area contributed by atoms with Gasteiger partial charge in [0.2, 0.25) is 0 Å². The average Bonchev–Trinajstić information content (AvgIpc) is 2.57. The van der Waals surface area contributed by atoms with Gasteiger partial charge in [-0.05, 0) is 55.7 Å². The second-order valence-corrected chi connectivity index (χ2v) is 7.42. The van der Waals surface area contributed by atoms with Crippen LogP contribution in [0.25, 0.3) is 0 Å². The molecule has 0 heterocycles. The van der Waals surface area contributed by atoms with Crippen molar-refractivity contribution in [2.45, 2.75) is 71.5 Å². The average molecular weight is 246 g/mol. The van der Waals surface area contributed by atoms with Gasteiger partial charge < -0.3 is 4.74 Å². The first kappa shape index (κ1) is 13.6. The number of rotatable bonds is 1. The van der Waals surface area contributed by atoms with E-state index in [0.29, 0.717) is 0 Å². The molecule has 0 saturated heterocycles. The van der Waals surface area contributed by atoms with Gasteiger partial charge in [0.15, 0.2) is 0 Å². The van der Waals surface area contributed by atoms with E-state index in [2.05, 4.69) is 59.7 Å². The van der Waals surface area contributed by atoms with Crippen LogP contribution in [-0.4, -0.2) is 5.60 Å². The van der Waals surface area contributed by atoms with Crippen molar-refractivity contribution in [1.82, 2.24) is 0 Å². The summed E-state index contributed by atoms with van der Waals surface area (Å²) in [5.41, 5.74) is 4.44. The van der Waals surface area contributed by atoms with Crippen LogP contribution < -0.4 is 0 Å². The van der Waals surface area contributed by atoms with E-state index in [-0.39, 0.29) is 17.1 Å². The topological polar surface area (TPSA) is 9.23 Å². The molecule has 1 heteroatoms. The third-order valence-corrected chi connectivity index (χ3v) is 3.53. The summed E-state index contributed by atoms with van der Waals surface area (Å²) in [5.74, 6) is 0. The minimum absolute atomic E-state index is 0.0655. The van der Waals surface area contributed by atoms with Gasteiger partial charge in [-0.15, -0.1) is 0 Å². The molecule has 1 aliphatic carbocycles. The summed E-state index contributed by atoms with van der Waals surface area (Å²) in [5, 5.41) is 0. The van der Waals surface area contributed by atoms with Crippen molar-refractivity contribution < 1.29 is 4.74 Å². The smallest absolute Gasteiger partial charge is 0.0838 e. The second-order valence-electron chi connectivity index (χ2n) is 7.42. The van der Waals surface area contributed by atoms with E-state index >= 15 is 0 Å². The van der Waals surface area contributed by atoms with Crippen molar-refractivity contribution in [2.24, 2.45) is 0 Å². The van der Waals surface area contributed by atoms with Crippen molar-refractivity contribution in [2.75, 3.05) is 0 Å². The lowest BCUT2D eigenvalue weighted by Gasteiger charge is -2.26. The molecule has 100 valence electrons. The standard InChI is InChI=1S/C17H26O/c1-16(2,3)13-9-7-12-8-10-15(14(12)11-13)18-17(4,5)6/h7,9,11,15H,8,10H2,1-6H3/t15-/m1/s1. The molecule has 0 N–H and O–H groups in total. The highest BCUT2D eigenvalue weighted by Gasteiger charge is 2.28. The summed E-state index contributed by atoms with van der Waals surface area (Å²) in [7, 11) is 0. The van der Waals surface area contributed by atoms with Crippen LogP contribution in [0.15, 0.2) is 18.2 Å². The van der Waals surface area contributed by atoms with Crippen molar-refractivity contribution >= 4 is 0 Å². The summed E-state index contributed by atoms with van der Waals surface area (Å²) in [6, 6.07) is 6.93. The lowest BCUT2D eigenvalue weighted by molar-refractivity contribution is -0.0605. The van der Waals surface area contributed by atoms with Gasteiger partial charge in [0, 0.05) is 0 Å². The van der Waals surface area contributed by atoms with Gasteiger partial charge in [-0.1, -0.05) is 39.0 Å². The van der Waals surface area contributed by atoms with Gasteiger partial charge in [-0.25, -0.2) is 0 Å². The minimum atomic E-state index is -0.0655. The summed E-state index contributed by atoms with van der Waals surface area (Å²) < 4.78 is 6.19. The fourth-order valence-electron chi connectivity index (χ4n) is 2.58. The fraction of sp³-hybridized carbons (Fsp3) is 0.647. The van der Waals surface area contributed by atoms with Gasteiger partial charge >= 0.3 is 0 Å². The monoisotopic (exact) mass is 246 g/mol. The van der Waals surface area contributed by atoms with Gasteiger partial charge in [0.25, 0.3) is 0 Å². The van der Waals surface area contributed by atoms with Crippen molar-refractivity contribution in [1.29, 1.82) is 0 Å². The van der Waals surface area contributed by atoms with Crippen LogP contribution in [0.1, 0.15) is 70.8 Å². The number of fused-ring (bicyclic) bond motifs is 1. The molecule has 1 aromatic carbocycles. The zero-order valence-electron chi connectivity index (χ0n) is 12.6. The molecule has 0 spiro atoms. The third kappa shape index (κ3) is 2.95. The maximum atomic E-state index is 6.19. The molecule has 0 fully saturated rings. The summed E-state index contributed by atoms with van der Waals surface area (Å²) in [6.45, 7) is 13.2. The molecule has 0 saturated carbocycles. The molecule has 1 aromatic rings. The Balaban J connectivity index is 2.31. The van der Waals surface area contributed by atoms with Crippen LogP contribution in [0.2, 0.25) is 0 Å². The van der Waals surface area contributed by atoms with E-state index in [1.54, 1.807) is 0 Å².